The summed E-state index contributed by atoms with van der Waals surface area (Å²) in [6.45, 7) is 2.06. The first-order valence-electron chi connectivity index (χ1n) is 7.85. The molecule has 1 unspecified atom stereocenters. The van der Waals surface area contributed by atoms with E-state index in [9.17, 15) is 5.11 Å². The average Bonchev–Trinajstić information content (AvgIpc) is 2.62. The van der Waals surface area contributed by atoms with Crippen molar-refractivity contribution in [2.75, 3.05) is 34.7 Å². The summed E-state index contributed by atoms with van der Waals surface area (Å²) < 4.78 is 21.8. The molecule has 0 spiro atoms. The van der Waals surface area contributed by atoms with E-state index in [2.05, 4.69) is 30.8 Å². The minimum Gasteiger partial charge on any atom is -0.418 e. The average molecular weight is 359 g/mol. The van der Waals surface area contributed by atoms with Gasteiger partial charge in [0.15, 0.2) is 0 Å². The predicted molar refractivity (Wildman–Crippen MR) is 96.0 cm³/mol. The van der Waals surface area contributed by atoms with Crippen molar-refractivity contribution < 1.29 is 22.8 Å². The van der Waals surface area contributed by atoms with E-state index in [0.717, 1.165) is 24.9 Å². The fourth-order valence-corrected chi connectivity index (χ4v) is 5.40. The lowest BCUT2D eigenvalue weighted by Gasteiger charge is -2.24. The molecule has 0 amide bonds. The molecule has 1 atom stereocenters. The maximum atomic E-state index is 9.43. The number of aliphatic hydroxyl groups excluding tert-OH is 1. The number of benzene rings is 1. The van der Waals surface area contributed by atoms with E-state index in [1.54, 1.807) is 28.4 Å². The summed E-state index contributed by atoms with van der Waals surface area (Å²) in [4.78, 5) is 0. The van der Waals surface area contributed by atoms with Crippen LogP contribution in [-0.2, 0) is 30.5 Å². The van der Waals surface area contributed by atoms with Gasteiger partial charge >= 0.3 is 8.80 Å². The lowest BCUT2D eigenvalue weighted by Crippen LogP contribution is -2.43. The molecule has 0 fully saturated rings. The third kappa shape index (κ3) is 6.11. The van der Waals surface area contributed by atoms with Crippen molar-refractivity contribution >= 4 is 17.1 Å². The highest BCUT2D eigenvalue weighted by atomic mass is 28.4. The summed E-state index contributed by atoms with van der Waals surface area (Å²) in [6, 6.07) is 10.3. The number of hydrogen-bond donors (Lipinski definition) is 1. The minimum absolute atomic E-state index is 0.166. The molecular weight excluding hydrogens is 328 g/mol. The van der Waals surface area contributed by atoms with Gasteiger partial charge in [0.05, 0.1) is 6.23 Å². The van der Waals surface area contributed by atoms with E-state index < -0.39 is 17.1 Å². The van der Waals surface area contributed by atoms with Crippen LogP contribution in [0.3, 0.4) is 0 Å². The summed E-state index contributed by atoms with van der Waals surface area (Å²) in [5, 5.41) is 9.43. The highest BCUT2D eigenvalue weighted by molar-refractivity contribution is 6.72. The summed E-state index contributed by atoms with van der Waals surface area (Å²) in [6.07, 6.45) is 1.97. The van der Waals surface area contributed by atoms with Crippen LogP contribution in [0.15, 0.2) is 24.3 Å². The predicted octanol–water partition coefficient (Wildman–Crippen LogP) is 2.40. The molecule has 0 saturated carbocycles. The normalized spacial score (nSPS) is 14.7. The molecule has 132 valence electrons. The Bertz CT molecular complexity index is 436. The van der Waals surface area contributed by atoms with Gasteiger partial charge in [-0.25, -0.2) is 0 Å². The molecule has 5 nitrogen and oxygen atoms in total. The first-order chi connectivity index (χ1) is 11.0. The highest BCUT2D eigenvalue weighted by Gasteiger charge is 2.37. The maximum absolute atomic E-state index is 9.43. The Kier molecular flexibility index (Phi) is 8.62. The van der Waals surface area contributed by atoms with Gasteiger partial charge in [-0.05, 0) is 36.6 Å². The van der Waals surface area contributed by atoms with Gasteiger partial charge in [-0.2, -0.15) is 0 Å². The second-order valence-corrected chi connectivity index (χ2v) is 13.1. The Hall–Kier alpha value is -0.546. The number of aryl methyl sites for hydroxylation is 2. The zero-order chi connectivity index (χ0) is 17.3. The zero-order valence-corrected chi connectivity index (χ0v) is 16.9. The van der Waals surface area contributed by atoms with Gasteiger partial charge < -0.3 is 22.8 Å². The van der Waals surface area contributed by atoms with Crippen LogP contribution >= 0.6 is 0 Å². The number of aliphatic hydroxyl groups is 1. The van der Waals surface area contributed by atoms with Crippen LogP contribution < -0.4 is 0 Å². The summed E-state index contributed by atoms with van der Waals surface area (Å²) in [5.41, 5.74) is 2.51. The SMILES string of the molecule is CO[Si](C)(CO)CCc1ccc(CC[Si](OC)(OC)OC)cc1. The third-order valence-corrected chi connectivity index (χ3v) is 10.1. The smallest absolute Gasteiger partial charge is 0.418 e. The topological polar surface area (TPSA) is 57.2 Å². The Morgan fingerprint density at radius 1 is 0.783 bits per heavy atom. The van der Waals surface area contributed by atoms with Gasteiger partial charge in [0.25, 0.3) is 0 Å². The van der Waals surface area contributed by atoms with Crippen LogP contribution in [-0.4, -0.2) is 56.9 Å². The fraction of sp³-hybridized carbons (Fsp3) is 0.625. The highest BCUT2D eigenvalue weighted by Crippen LogP contribution is 2.19. The van der Waals surface area contributed by atoms with Gasteiger partial charge in [-0.3, -0.25) is 0 Å². The Labute approximate surface area is 142 Å². The molecule has 7 heteroatoms. The van der Waals surface area contributed by atoms with Crippen LogP contribution in [0, 0.1) is 0 Å². The Balaban J connectivity index is 2.57. The molecule has 0 saturated heterocycles. The van der Waals surface area contributed by atoms with Crippen molar-refractivity contribution in [2.24, 2.45) is 0 Å². The zero-order valence-electron chi connectivity index (χ0n) is 14.9. The second kappa shape index (κ2) is 9.68. The molecule has 0 aliphatic heterocycles. The van der Waals surface area contributed by atoms with Crippen molar-refractivity contribution in [1.82, 2.24) is 0 Å². The van der Waals surface area contributed by atoms with E-state index in [-0.39, 0.29) is 6.23 Å². The molecule has 1 aromatic rings. The van der Waals surface area contributed by atoms with Crippen molar-refractivity contribution in [3.8, 4) is 0 Å². The molecular formula is C16H30O5Si2. The van der Waals surface area contributed by atoms with Crippen LogP contribution in [0.4, 0.5) is 0 Å². The van der Waals surface area contributed by atoms with Gasteiger partial charge in [0.2, 0.25) is 8.32 Å². The van der Waals surface area contributed by atoms with Gasteiger partial charge in [0, 0.05) is 34.5 Å². The lowest BCUT2D eigenvalue weighted by molar-refractivity contribution is 0.123. The van der Waals surface area contributed by atoms with E-state index in [0.29, 0.717) is 0 Å². The molecule has 0 aliphatic rings. The molecule has 1 N–H and O–H groups in total. The van der Waals surface area contributed by atoms with Crippen LogP contribution in [0.1, 0.15) is 11.1 Å². The van der Waals surface area contributed by atoms with Gasteiger partial charge in [-0.15, -0.1) is 0 Å². The van der Waals surface area contributed by atoms with Crippen LogP contribution in [0.25, 0.3) is 0 Å². The molecule has 0 aliphatic carbocycles. The molecule has 0 heterocycles. The molecule has 0 bridgehead atoms. The maximum Gasteiger partial charge on any atom is 0.500 e. The number of rotatable bonds is 11. The first kappa shape index (κ1) is 20.5. The summed E-state index contributed by atoms with van der Waals surface area (Å²) in [7, 11) is 2.18. The van der Waals surface area contributed by atoms with E-state index in [1.165, 1.54) is 11.1 Å². The molecule has 1 aromatic carbocycles. The fourth-order valence-electron chi connectivity index (χ4n) is 2.38. The third-order valence-electron chi connectivity index (χ3n) is 4.45. The van der Waals surface area contributed by atoms with E-state index >= 15 is 0 Å². The quantitative estimate of drug-likeness (QED) is 0.616. The molecule has 23 heavy (non-hydrogen) atoms. The minimum atomic E-state index is -2.50. The van der Waals surface area contributed by atoms with E-state index in [1.807, 2.05) is 0 Å². The van der Waals surface area contributed by atoms with Crippen LogP contribution in [0.5, 0.6) is 0 Å². The lowest BCUT2D eigenvalue weighted by atomic mass is 10.1. The van der Waals surface area contributed by atoms with Gasteiger partial charge in [0.1, 0.15) is 0 Å². The van der Waals surface area contributed by atoms with Crippen molar-refractivity contribution in [3.05, 3.63) is 35.4 Å². The Morgan fingerprint density at radius 2 is 1.22 bits per heavy atom. The first-order valence-corrected chi connectivity index (χ1v) is 12.6. The van der Waals surface area contributed by atoms with Crippen molar-refractivity contribution in [3.63, 3.8) is 0 Å². The summed E-state index contributed by atoms with van der Waals surface area (Å²) >= 11 is 0. The van der Waals surface area contributed by atoms with Gasteiger partial charge in [-0.1, -0.05) is 24.3 Å². The second-order valence-electron chi connectivity index (χ2n) is 5.92. The van der Waals surface area contributed by atoms with E-state index in [4.69, 9.17) is 17.7 Å². The summed E-state index contributed by atoms with van der Waals surface area (Å²) in [5.74, 6) is 0. The molecule has 1 rings (SSSR count). The van der Waals surface area contributed by atoms with Crippen molar-refractivity contribution in [1.29, 1.82) is 0 Å². The molecule has 0 aromatic heterocycles. The van der Waals surface area contributed by atoms with Crippen LogP contribution in [0.2, 0.25) is 18.6 Å². The standard InChI is InChI=1S/C16H30O5Si2/c1-18-22(5,14-17)12-10-15-6-8-16(9-7-15)11-13-23(19-2,20-3)21-4/h6-9,17H,10-14H2,1-5H3. The number of hydrogen-bond acceptors (Lipinski definition) is 5. The van der Waals surface area contributed by atoms with Crippen molar-refractivity contribution in [2.45, 2.75) is 31.5 Å². The Morgan fingerprint density at radius 3 is 1.57 bits per heavy atom. The monoisotopic (exact) mass is 358 g/mol. The molecule has 0 radical (unpaired) electrons. The largest absolute Gasteiger partial charge is 0.500 e.